The van der Waals surface area contributed by atoms with Gasteiger partial charge in [-0.15, -0.1) is 8.78 Å². The summed E-state index contributed by atoms with van der Waals surface area (Å²) < 4.78 is 45.8. The third-order valence-electron chi connectivity index (χ3n) is 9.05. The van der Waals surface area contributed by atoms with E-state index in [4.69, 9.17) is 9.47 Å². The largest absolute Gasteiger partial charge is 0.586 e. The van der Waals surface area contributed by atoms with Crippen molar-refractivity contribution in [3.63, 3.8) is 0 Å². The van der Waals surface area contributed by atoms with Crippen LogP contribution in [-0.2, 0) is 9.59 Å². The number of aromatic carboxylic acids is 1. The highest BCUT2D eigenvalue weighted by Gasteiger charge is 2.43. The van der Waals surface area contributed by atoms with Crippen molar-refractivity contribution in [3.8, 4) is 34.5 Å². The molecule has 0 fully saturated rings. The van der Waals surface area contributed by atoms with Crippen molar-refractivity contribution in [1.29, 1.82) is 0 Å². The van der Waals surface area contributed by atoms with E-state index in [1.54, 1.807) is 0 Å². The summed E-state index contributed by atoms with van der Waals surface area (Å²) in [6.07, 6.45) is -2.30. The smallest absolute Gasteiger partial charge is 0.504 e. The van der Waals surface area contributed by atoms with Crippen LogP contribution in [0.4, 0.5) is 31.5 Å². The number of hydrogen-bond donors (Lipinski definition) is 8. The van der Waals surface area contributed by atoms with E-state index >= 15 is 0 Å². The van der Waals surface area contributed by atoms with Crippen LogP contribution in [0.25, 0.3) is 6.08 Å². The molecule has 0 aliphatic carbocycles. The Kier molecular flexibility index (Phi) is 12.7. The molecule has 5 aromatic rings. The van der Waals surface area contributed by atoms with Crippen LogP contribution < -0.4 is 45.5 Å². The van der Waals surface area contributed by atoms with E-state index in [0.29, 0.717) is 16.9 Å². The fourth-order valence-electron chi connectivity index (χ4n) is 5.97. The van der Waals surface area contributed by atoms with Gasteiger partial charge in [-0.3, -0.25) is 24.0 Å². The molecule has 5 amide bonds. The third kappa shape index (κ3) is 10.2. The van der Waals surface area contributed by atoms with Crippen molar-refractivity contribution in [2.24, 2.45) is 0 Å². The molecule has 20 heteroatoms. The Bertz CT molecular complexity index is 2690. The fraction of sp³-hybridized carbons (Fsp3) is 0.116. The molecule has 0 spiro atoms. The highest BCUT2D eigenvalue weighted by Crippen LogP contribution is 2.42. The number of anilines is 4. The number of phenolic OH excluding ortho intramolecular Hbond substituents is 1. The first kappa shape index (κ1) is 43.9. The van der Waals surface area contributed by atoms with Gasteiger partial charge < -0.3 is 60.9 Å². The normalized spacial score (nSPS) is 12.4. The van der Waals surface area contributed by atoms with Gasteiger partial charge >= 0.3 is 12.3 Å². The molecular formula is C43H35F2N5O13. The Labute approximate surface area is 355 Å². The van der Waals surface area contributed by atoms with E-state index in [1.165, 1.54) is 105 Å². The SMILES string of the molecule is COc1c(NC(=O)c2ccc(NC(=O)c3ccc(NC(=O)CNC(=O)c4ccc(NC(=O)/C(C)=C/c5ccc6c(c5)OC(F)(F)O6)cc4)cc3)c(OC)c2O)ccc(C(=O)O)c1O. The first-order chi connectivity index (χ1) is 30.0. The van der Waals surface area contributed by atoms with E-state index in [9.17, 15) is 52.9 Å². The lowest BCUT2D eigenvalue weighted by atomic mass is 10.1. The van der Waals surface area contributed by atoms with Crippen molar-refractivity contribution >= 4 is 64.3 Å². The highest BCUT2D eigenvalue weighted by molar-refractivity contribution is 6.11. The number of alkyl halides is 2. The molecule has 5 aromatic carbocycles. The third-order valence-corrected chi connectivity index (χ3v) is 9.05. The van der Waals surface area contributed by atoms with Gasteiger partial charge in [0.05, 0.1) is 37.7 Å². The average molecular weight is 868 g/mol. The summed E-state index contributed by atoms with van der Waals surface area (Å²) >= 11 is 0. The van der Waals surface area contributed by atoms with Crippen LogP contribution in [0.1, 0.15) is 53.9 Å². The molecule has 18 nitrogen and oxygen atoms in total. The Morgan fingerprint density at radius 3 is 1.76 bits per heavy atom. The lowest BCUT2D eigenvalue weighted by molar-refractivity contribution is -0.286. The summed E-state index contributed by atoms with van der Waals surface area (Å²) in [5, 5.41) is 43.1. The molecule has 0 saturated heterocycles. The summed E-state index contributed by atoms with van der Waals surface area (Å²) in [4.78, 5) is 75.6. The molecule has 1 heterocycles. The van der Waals surface area contributed by atoms with Crippen LogP contribution >= 0.6 is 0 Å². The molecule has 0 unspecified atom stereocenters. The molecule has 0 atom stereocenters. The number of ether oxygens (including phenoxy) is 4. The minimum absolute atomic E-state index is 0.00799. The number of carbonyl (C=O) groups is 6. The number of methoxy groups -OCH3 is 2. The average Bonchev–Trinajstić information content (AvgIpc) is 3.56. The molecule has 0 aromatic heterocycles. The van der Waals surface area contributed by atoms with Gasteiger partial charge in [-0.05, 0) is 103 Å². The van der Waals surface area contributed by atoms with E-state index in [2.05, 4.69) is 36.1 Å². The van der Waals surface area contributed by atoms with Crippen molar-refractivity contribution in [3.05, 3.63) is 124 Å². The zero-order valence-electron chi connectivity index (χ0n) is 33.1. The van der Waals surface area contributed by atoms with Crippen LogP contribution in [-0.4, -0.2) is 77.9 Å². The Balaban J connectivity index is 0.982. The van der Waals surface area contributed by atoms with Crippen molar-refractivity contribution in [2.75, 3.05) is 42.0 Å². The molecule has 0 bridgehead atoms. The second-order valence-electron chi connectivity index (χ2n) is 13.3. The second kappa shape index (κ2) is 18.3. The van der Waals surface area contributed by atoms with Crippen molar-refractivity contribution in [2.45, 2.75) is 13.2 Å². The maximum Gasteiger partial charge on any atom is 0.586 e. The summed E-state index contributed by atoms with van der Waals surface area (Å²) in [6.45, 7) is 1.11. The number of fused-ring (bicyclic) bond motifs is 1. The predicted molar refractivity (Wildman–Crippen MR) is 221 cm³/mol. The monoisotopic (exact) mass is 867 g/mol. The van der Waals surface area contributed by atoms with Crippen LogP contribution in [0.5, 0.6) is 34.5 Å². The number of benzene rings is 5. The zero-order chi connectivity index (χ0) is 45.6. The number of halogens is 2. The summed E-state index contributed by atoms with van der Waals surface area (Å²) in [5.41, 5.74) is 0.777. The predicted octanol–water partition coefficient (Wildman–Crippen LogP) is 6.05. The Hall–Kier alpha value is -8.68. The molecule has 1 aliphatic rings. The number of rotatable bonds is 14. The van der Waals surface area contributed by atoms with E-state index in [0.717, 1.165) is 13.2 Å². The van der Waals surface area contributed by atoms with Gasteiger partial charge in [0.15, 0.2) is 34.5 Å². The van der Waals surface area contributed by atoms with Gasteiger partial charge in [0, 0.05) is 28.1 Å². The minimum Gasteiger partial charge on any atom is -0.504 e. The molecule has 0 radical (unpaired) electrons. The first-order valence-electron chi connectivity index (χ1n) is 18.3. The summed E-state index contributed by atoms with van der Waals surface area (Å²) in [6, 6.07) is 20.3. The number of nitrogens with one attached hydrogen (secondary N) is 5. The number of amides is 5. The fourth-order valence-corrected chi connectivity index (χ4v) is 5.97. The maximum atomic E-state index is 13.3. The van der Waals surface area contributed by atoms with E-state index < -0.39 is 65.4 Å². The highest BCUT2D eigenvalue weighted by atomic mass is 19.3. The molecule has 324 valence electrons. The molecule has 1 aliphatic heterocycles. The van der Waals surface area contributed by atoms with Gasteiger partial charge in [-0.2, -0.15) is 0 Å². The topological polar surface area (TPSA) is 260 Å². The van der Waals surface area contributed by atoms with Crippen molar-refractivity contribution < 1.29 is 71.8 Å². The van der Waals surface area contributed by atoms with Gasteiger partial charge in [-0.25, -0.2) is 4.79 Å². The molecule has 6 rings (SSSR count). The van der Waals surface area contributed by atoms with Crippen LogP contribution in [0.3, 0.4) is 0 Å². The molecular weight excluding hydrogens is 832 g/mol. The van der Waals surface area contributed by atoms with Crippen molar-refractivity contribution in [1.82, 2.24) is 5.32 Å². The van der Waals surface area contributed by atoms with Crippen LogP contribution in [0.15, 0.2) is 96.6 Å². The number of phenols is 2. The molecule has 63 heavy (non-hydrogen) atoms. The number of carbonyl (C=O) groups excluding carboxylic acids is 5. The van der Waals surface area contributed by atoms with Gasteiger partial charge in [0.1, 0.15) is 5.56 Å². The van der Waals surface area contributed by atoms with E-state index in [1.807, 2.05) is 0 Å². The zero-order valence-corrected chi connectivity index (χ0v) is 33.1. The maximum absolute atomic E-state index is 13.3. The molecule has 8 N–H and O–H groups in total. The Morgan fingerprint density at radius 2 is 1.17 bits per heavy atom. The summed E-state index contributed by atoms with van der Waals surface area (Å²) in [5.74, 6) is -6.87. The standard InChI is InChI=1S/C43H35F2N5O13/c1-21(18-22-4-17-31-32(19-22)63-43(44,45)62-31)38(54)48-26-11-5-23(6-12-26)39(55)46-20-33(51)47-25-9-7-24(8-10-25)40(56)49-29-15-13-27(34(52)36(29)60-2)41(57)50-30-16-14-28(42(58)59)35(53)37(30)61-3/h4-19,52-53H,20H2,1-3H3,(H,46,55)(H,47,51)(H,48,54)(H,49,56)(H,50,57)(H,58,59)/b21-18+. The minimum atomic E-state index is -3.77. The number of aromatic hydroxyl groups is 2. The van der Waals surface area contributed by atoms with E-state index in [-0.39, 0.29) is 56.6 Å². The molecule has 0 saturated carbocycles. The first-order valence-corrected chi connectivity index (χ1v) is 18.3. The van der Waals surface area contributed by atoms with Crippen LogP contribution in [0, 0.1) is 0 Å². The van der Waals surface area contributed by atoms with Gasteiger partial charge in [-0.1, -0.05) is 6.07 Å². The number of hydrogen-bond acceptors (Lipinski definition) is 12. The second-order valence-corrected chi connectivity index (χ2v) is 13.3. The van der Waals surface area contributed by atoms with Gasteiger partial charge in [0.2, 0.25) is 5.91 Å². The summed E-state index contributed by atoms with van der Waals surface area (Å²) in [7, 11) is 2.35. The number of carboxylic acid groups (broad SMARTS) is 1. The number of carboxylic acids is 1. The lowest BCUT2D eigenvalue weighted by Gasteiger charge is -2.16. The lowest BCUT2D eigenvalue weighted by Crippen LogP contribution is -2.32. The Morgan fingerprint density at radius 1 is 0.651 bits per heavy atom. The van der Waals surface area contributed by atoms with Gasteiger partial charge in [0.25, 0.3) is 23.6 Å². The quantitative estimate of drug-likeness (QED) is 0.0592. The van der Waals surface area contributed by atoms with Crippen LogP contribution in [0.2, 0.25) is 0 Å².